The monoisotopic (exact) mass is 250 g/mol. The number of nitrogens with one attached hydrogen (secondary N) is 1. The average Bonchev–Trinajstić information content (AvgIpc) is 2.39. The maximum Gasteiger partial charge on any atom is 0.168 e. The van der Waals surface area contributed by atoms with Crippen molar-refractivity contribution in [1.29, 1.82) is 0 Å². The zero-order valence-electron chi connectivity index (χ0n) is 10.00. The minimum absolute atomic E-state index is 0.00488. The van der Waals surface area contributed by atoms with Crippen molar-refractivity contribution in [1.82, 2.24) is 4.98 Å². The van der Waals surface area contributed by atoms with Gasteiger partial charge in [0.2, 0.25) is 0 Å². The van der Waals surface area contributed by atoms with E-state index < -0.39 is 11.6 Å². The van der Waals surface area contributed by atoms with Gasteiger partial charge in [0, 0.05) is 30.4 Å². The zero-order chi connectivity index (χ0) is 13.1. The summed E-state index contributed by atoms with van der Waals surface area (Å²) in [5, 5.41) is 2.91. The topological polar surface area (TPSA) is 34.2 Å². The third-order valence-electron chi connectivity index (χ3n) is 2.62. The van der Waals surface area contributed by atoms with E-state index in [0.29, 0.717) is 11.3 Å². The Balaban J connectivity index is 2.63. The van der Waals surface area contributed by atoms with Crippen LogP contribution in [0.2, 0.25) is 0 Å². The molecule has 18 heavy (non-hydrogen) atoms. The molecule has 0 saturated carbocycles. The first kappa shape index (κ1) is 12.3. The lowest BCUT2D eigenvalue weighted by Gasteiger charge is -2.11. The van der Waals surface area contributed by atoms with Gasteiger partial charge in [-0.3, -0.25) is 4.98 Å². The van der Waals surface area contributed by atoms with Gasteiger partial charge < -0.3 is 10.1 Å². The SMILES string of the molecule is CNc1cnccc1-c1cc(OC)c(F)cc1F. The molecule has 0 fully saturated rings. The van der Waals surface area contributed by atoms with Crippen molar-refractivity contribution in [3.8, 4) is 16.9 Å². The molecular weight excluding hydrogens is 238 g/mol. The first-order valence-corrected chi connectivity index (χ1v) is 5.32. The Hall–Kier alpha value is -2.17. The van der Waals surface area contributed by atoms with Gasteiger partial charge in [0.15, 0.2) is 11.6 Å². The van der Waals surface area contributed by atoms with Crippen molar-refractivity contribution in [3.05, 3.63) is 42.2 Å². The molecule has 0 saturated heterocycles. The van der Waals surface area contributed by atoms with Crippen molar-refractivity contribution in [2.45, 2.75) is 0 Å². The number of pyridine rings is 1. The molecule has 0 aliphatic rings. The lowest BCUT2D eigenvalue weighted by atomic mass is 10.0. The standard InChI is InChI=1S/C13H12F2N2O/c1-16-12-7-17-4-3-8(12)9-5-13(18-2)11(15)6-10(9)14/h3-7,16H,1-2H3. The average molecular weight is 250 g/mol. The quantitative estimate of drug-likeness (QED) is 0.909. The first-order valence-electron chi connectivity index (χ1n) is 5.32. The van der Waals surface area contributed by atoms with E-state index in [1.54, 1.807) is 25.5 Å². The van der Waals surface area contributed by atoms with E-state index in [1.807, 2.05) is 0 Å². The van der Waals surface area contributed by atoms with Crippen LogP contribution in [0.25, 0.3) is 11.1 Å². The summed E-state index contributed by atoms with van der Waals surface area (Å²) < 4.78 is 32.0. The molecule has 3 nitrogen and oxygen atoms in total. The van der Waals surface area contributed by atoms with E-state index in [2.05, 4.69) is 10.3 Å². The number of rotatable bonds is 3. The second-order valence-electron chi connectivity index (χ2n) is 3.64. The predicted molar refractivity (Wildman–Crippen MR) is 65.7 cm³/mol. The van der Waals surface area contributed by atoms with E-state index in [4.69, 9.17) is 4.74 Å². The Kier molecular flexibility index (Phi) is 3.41. The molecule has 1 N–H and O–H groups in total. The van der Waals surface area contributed by atoms with Crippen LogP contribution in [-0.4, -0.2) is 19.1 Å². The van der Waals surface area contributed by atoms with E-state index >= 15 is 0 Å². The van der Waals surface area contributed by atoms with Gasteiger partial charge in [0.1, 0.15) is 5.82 Å². The molecule has 1 aromatic carbocycles. The Morgan fingerprint density at radius 1 is 1.17 bits per heavy atom. The molecule has 0 amide bonds. The molecule has 1 aromatic heterocycles. The van der Waals surface area contributed by atoms with Crippen LogP contribution >= 0.6 is 0 Å². The molecule has 0 aliphatic carbocycles. The van der Waals surface area contributed by atoms with Gasteiger partial charge in [0.25, 0.3) is 0 Å². The summed E-state index contributed by atoms with van der Waals surface area (Å²) in [7, 11) is 3.05. The predicted octanol–water partition coefficient (Wildman–Crippen LogP) is 3.08. The molecular formula is C13H12F2N2O. The van der Waals surface area contributed by atoms with Crippen LogP contribution in [0.4, 0.5) is 14.5 Å². The summed E-state index contributed by atoms with van der Waals surface area (Å²) >= 11 is 0. The molecule has 0 unspecified atom stereocenters. The van der Waals surface area contributed by atoms with Crippen LogP contribution in [0, 0.1) is 11.6 Å². The number of anilines is 1. The van der Waals surface area contributed by atoms with Gasteiger partial charge in [0.05, 0.1) is 19.0 Å². The maximum atomic E-state index is 13.8. The molecule has 5 heteroatoms. The Bertz CT molecular complexity index is 573. The molecule has 0 bridgehead atoms. The number of halogens is 2. The largest absolute Gasteiger partial charge is 0.494 e. The summed E-state index contributed by atoms with van der Waals surface area (Å²) in [4.78, 5) is 3.94. The van der Waals surface area contributed by atoms with Crippen molar-refractivity contribution in [2.24, 2.45) is 0 Å². The number of hydrogen-bond acceptors (Lipinski definition) is 3. The van der Waals surface area contributed by atoms with Crippen molar-refractivity contribution in [3.63, 3.8) is 0 Å². The van der Waals surface area contributed by atoms with Crippen LogP contribution in [0.15, 0.2) is 30.6 Å². The molecule has 2 aromatic rings. The molecule has 0 spiro atoms. The molecule has 1 heterocycles. The lowest BCUT2D eigenvalue weighted by Crippen LogP contribution is -1.97. The number of nitrogens with zero attached hydrogens (tertiary/aromatic N) is 1. The van der Waals surface area contributed by atoms with Gasteiger partial charge in [-0.05, 0) is 12.1 Å². The highest BCUT2D eigenvalue weighted by Crippen LogP contribution is 2.33. The third kappa shape index (κ3) is 2.11. The van der Waals surface area contributed by atoms with E-state index in [-0.39, 0.29) is 11.3 Å². The fraction of sp³-hybridized carbons (Fsp3) is 0.154. The van der Waals surface area contributed by atoms with Gasteiger partial charge in [-0.15, -0.1) is 0 Å². The second kappa shape index (κ2) is 5.00. The highest BCUT2D eigenvalue weighted by Gasteiger charge is 2.14. The number of hydrogen-bond donors (Lipinski definition) is 1. The van der Waals surface area contributed by atoms with E-state index in [1.165, 1.54) is 13.2 Å². The number of methoxy groups -OCH3 is 1. The molecule has 0 atom stereocenters. The van der Waals surface area contributed by atoms with Crippen LogP contribution in [0.1, 0.15) is 0 Å². The summed E-state index contributed by atoms with van der Waals surface area (Å²) in [5.41, 5.74) is 1.52. The van der Waals surface area contributed by atoms with Gasteiger partial charge in [-0.2, -0.15) is 0 Å². The minimum atomic E-state index is -0.723. The van der Waals surface area contributed by atoms with E-state index in [0.717, 1.165) is 6.07 Å². The Labute approximate surface area is 103 Å². The third-order valence-corrected chi connectivity index (χ3v) is 2.62. The molecule has 94 valence electrons. The highest BCUT2D eigenvalue weighted by atomic mass is 19.1. The molecule has 2 rings (SSSR count). The number of benzene rings is 1. The fourth-order valence-electron chi connectivity index (χ4n) is 1.72. The summed E-state index contributed by atoms with van der Waals surface area (Å²) in [6, 6.07) is 3.80. The second-order valence-corrected chi connectivity index (χ2v) is 3.64. The minimum Gasteiger partial charge on any atom is -0.494 e. The number of ether oxygens (including phenoxy) is 1. The van der Waals surface area contributed by atoms with Gasteiger partial charge in [-0.1, -0.05) is 0 Å². The molecule has 0 radical (unpaired) electrons. The van der Waals surface area contributed by atoms with Crippen LogP contribution in [-0.2, 0) is 0 Å². The molecule has 0 aliphatic heterocycles. The van der Waals surface area contributed by atoms with Gasteiger partial charge in [-0.25, -0.2) is 8.78 Å². The summed E-state index contributed by atoms with van der Waals surface area (Å²) in [5.74, 6) is -1.36. The van der Waals surface area contributed by atoms with Crippen LogP contribution in [0.5, 0.6) is 5.75 Å². The first-order chi connectivity index (χ1) is 8.67. The van der Waals surface area contributed by atoms with Crippen molar-refractivity contribution >= 4 is 5.69 Å². The smallest absolute Gasteiger partial charge is 0.168 e. The Morgan fingerprint density at radius 2 is 1.94 bits per heavy atom. The maximum absolute atomic E-state index is 13.8. The van der Waals surface area contributed by atoms with Crippen molar-refractivity contribution < 1.29 is 13.5 Å². The van der Waals surface area contributed by atoms with Gasteiger partial charge >= 0.3 is 0 Å². The van der Waals surface area contributed by atoms with E-state index in [9.17, 15) is 8.78 Å². The normalized spacial score (nSPS) is 10.2. The van der Waals surface area contributed by atoms with Crippen molar-refractivity contribution in [2.75, 3.05) is 19.5 Å². The summed E-state index contributed by atoms with van der Waals surface area (Å²) in [6.07, 6.45) is 3.12. The zero-order valence-corrected chi connectivity index (χ0v) is 10.00. The van der Waals surface area contributed by atoms with Crippen LogP contribution < -0.4 is 10.1 Å². The summed E-state index contributed by atoms with van der Waals surface area (Å²) in [6.45, 7) is 0. The fourth-order valence-corrected chi connectivity index (χ4v) is 1.72. The Morgan fingerprint density at radius 3 is 2.61 bits per heavy atom. The number of aromatic nitrogens is 1. The van der Waals surface area contributed by atoms with Crippen LogP contribution in [0.3, 0.4) is 0 Å². The lowest BCUT2D eigenvalue weighted by molar-refractivity contribution is 0.384. The highest BCUT2D eigenvalue weighted by molar-refractivity contribution is 5.78.